The van der Waals surface area contributed by atoms with Gasteiger partial charge < -0.3 is 5.11 Å². The Kier molecular flexibility index (Phi) is 6.39. The molecule has 4 aromatic rings. The fraction of sp³-hybridized carbons (Fsp3) is 0.0435. The van der Waals surface area contributed by atoms with Gasteiger partial charge in [0.05, 0.1) is 12.0 Å². The van der Waals surface area contributed by atoms with Gasteiger partial charge in [0.2, 0.25) is 0 Å². The van der Waals surface area contributed by atoms with Crippen molar-refractivity contribution in [2.75, 3.05) is 5.75 Å². The molecule has 0 bridgehead atoms. The van der Waals surface area contributed by atoms with Crippen LogP contribution in [0.2, 0.25) is 0 Å². The molecule has 0 fully saturated rings. The predicted octanol–water partition coefficient (Wildman–Crippen LogP) is 3.88. The summed E-state index contributed by atoms with van der Waals surface area (Å²) in [5.41, 5.74) is 4.83. The molecule has 4 rings (SSSR count). The topological polar surface area (TPSA) is 92.4 Å². The summed E-state index contributed by atoms with van der Waals surface area (Å²) in [6, 6.07) is 26.3. The van der Waals surface area contributed by atoms with Crippen LogP contribution >= 0.6 is 11.8 Å². The first-order valence-electron chi connectivity index (χ1n) is 9.51. The molecule has 0 aliphatic carbocycles. The Balaban J connectivity index is 1.49. The van der Waals surface area contributed by atoms with Crippen molar-refractivity contribution in [2.45, 2.75) is 5.16 Å². The number of aromatic hydroxyl groups is 1. The van der Waals surface area contributed by atoms with Crippen LogP contribution in [0.15, 0.2) is 95.2 Å². The van der Waals surface area contributed by atoms with Gasteiger partial charge in [-0.05, 0) is 24.3 Å². The van der Waals surface area contributed by atoms with Gasteiger partial charge in [-0.3, -0.25) is 9.36 Å². The summed E-state index contributed by atoms with van der Waals surface area (Å²) in [6.07, 6.45) is 1.40. The molecule has 2 N–H and O–H groups in total. The number of nitrogens with zero attached hydrogens (tertiary/aromatic N) is 4. The lowest BCUT2D eigenvalue weighted by Gasteiger charge is -2.10. The van der Waals surface area contributed by atoms with Crippen molar-refractivity contribution in [2.24, 2.45) is 5.10 Å². The lowest BCUT2D eigenvalue weighted by molar-refractivity contribution is -0.118. The first-order valence-corrected chi connectivity index (χ1v) is 10.5. The van der Waals surface area contributed by atoms with E-state index in [1.54, 1.807) is 24.3 Å². The Morgan fingerprint density at radius 3 is 2.39 bits per heavy atom. The van der Waals surface area contributed by atoms with E-state index in [1.807, 2.05) is 65.2 Å². The third kappa shape index (κ3) is 4.99. The van der Waals surface area contributed by atoms with Crippen LogP contribution in [0.5, 0.6) is 5.75 Å². The number of rotatable bonds is 7. The summed E-state index contributed by atoms with van der Waals surface area (Å²) >= 11 is 1.27. The normalized spacial score (nSPS) is 11.0. The number of carbonyl (C=O) groups is 1. The third-order valence-electron chi connectivity index (χ3n) is 4.34. The molecule has 0 spiro atoms. The Labute approximate surface area is 183 Å². The van der Waals surface area contributed by atoms with Crippen molar-refractivity contribution in [3.63, 3.8) is 0 Å². The summed E-state index contributed by atoms with van der Waals surface area (Å²) in [4.78, 5) is 12.3. The molecule has 31 heavy (non-hydrogen) atoms. The summed E-state index contributed by atoms with van der Waals surface area (Å²) < 4.78 is 1.93. The summed E-state index contributed by atoms with van der Waals surface area (Å²) in [6.45, 7) is 0. The maximum Gasteiger partial charge on any atom is 0.250 e. The SMILES string of the molecule is O=C(CSc1nnc(-c2ccccc2)n1-c1ccccc1)N/N=C\c1ccccc1O. The average molecular weight is 430 g/mol. The first-order chi connectivity index (χ1) is 15.2. The van der Waals surface area contributed by atoms with Crippen molar-refractivity contribution in [1.29, 1.82) is 0 Å². The number of phenols is 1. The average Bonchev–Trinajstić information content (AvgIpc) is 3.24. The Morgan fingerprint density at radius 2 is 1.65 bits per heavy atom. The van der Waals surface area contributed by atoms with Crippen molar-refractivity contribution < 1.29 is 9.90 Å². The minimum atomic E-state index is -0.291. The van der Waals surface area contributed by atoms with E-state index in [2.05, 4.69) is 20.7 Å². The molecule has 0 aliphatic heterocycles. The molecule has 0 saturated carbocycles. The lowest BCUT2D eigenvalue weighted by Crippen LogP contribution is -2.20. The van der Waals surface area contributed by atoms with Gasteiger partial charge in [-0.15, -0.1) is 10.2 Å². The van der Waals surface area contributed by atoms with E-state index in [0.29, 0.717) is 16.5 Å². The van der Waals surface area contributed by atoms with Gasteiger partial charge >= 0.3 is 0 Å². The van der Waals surface area contributed by atoms with Gasteiger partial charge in [0.15, 0.2) is 11.0 Å². The fourth-order valence-electron chi connectivity index (χ4n) is 2.88. The minimum Gasteiger partial charge on any atom is -0.507 e. The van der Waals surface area contributed by atoms with Gasteiger partial charge in [0, 0.05) is 16.8 Å². The van der Waals surface area contributed by atoms with Crippen LogP contribution in [0, 0.1) is 0 Å². The Hall–Kier alpha value is -3.91. The highest BCUT2D eigenvalue weighted by Gasteiger charge is 2.17. The standard InChI is InChI=1S/C23H19N5O2S/c29-20-14-8-7-11-18(20)15-24-25-21(30)16-31-23-27-26-22(17-9-3-1-4-10-17)28(23)19-12-5-2-6-13-19/h1-15,29H,16H2,(H,25,30)/b24-15-. The van der Waals surface area contributed by atoms with Gasteiger partial charge in [-0.1, -0.05) is 72.4 Å². The largest absolute Gasteiger partial charge is 0.507 e. The molecule has 1 aromatic heterocycles. The van der Waals surface area contributed by atoms with Crippen molar-refractivity contribution in [3.05, 3.63) is 90.5 Å². The molecule has 154 valence electrons. The molecule has 7 nitrogen and oxygen atoms in total. The molecule has 0 aliphatic rings. The zero-order valence-electron chi connectivity index (χ0n) is 16.4. The highest BCUT2D eigenvalue weighted by Crippen LogP contribution is 2.27. The Morgan fingerprint density at radius 1 is 0.968 bits per heavy atom. The summed E-state index contributed by atoms with van der Waals surface area (Å²) in [5, 5.41) is 22.9. The van der Waals surface area contributed by atoms with Crippen molar-refractivity contribution >= 4 is 23.9 Å². The van der Waals surface area contributed by atoms with Gasteiger partial charge in [0.25, 0.3) is 5.91 Å². The molecule has 0 saturated heterocycles. The number of amides is 1. The van der Waals surface area contributed by atoms with E-state index in [0.717, 1.165) is 11.3 Å². The van der Waals surface area contributed by atoms with Gasteiger partial charge in [-0.25, -0.2) is 5.43 Å². The molecule has 1 amide bonds. The highest BCUT2D eigenvalue weighted by molar-refractivity contribution is 7.99. The van der Waals surface area contributed by atoms with Crippen LogP contribution in [0.3, 0.4) is 0 Å². The number of thioether (sulfide) groups is 1. The van der Waals surface area contributed by atoms with E-state index in [9.17, 15) is 9.90 Å². The van der Waals surface area contributed by atoms with E-state index < -0.39 is 0 Å². The van der Waals surface area contributed by atoms with Crippen LogP contribution in [0.25, 0.3) is 17.1 Å². The number of benzene rings is 3. The number of hydrogen-bond donors (Lipinski definition) is 2. The second kappa shape index (κ2) is 9.73. The summed E-state index contributed by atoms with van der Waals surface area (Å²) in [7, 11) is 0. The molecule has 3 aromatic carbocycles. The number of hydrogen-bond acceptors (Lipinski definition) is 6. The molecular weight excluding hydrogens is 410 g/mol. The predicted molar refractivity (Wildman–Crippen MR) is 121 cm³/mol. The number of para-hydroxylation sites is 2. The molecule has 8 heteroatoms. The number of carbonyl (C=O) groups excluding carboxylic acids is 1. The molecular formula is C23H19N5O2S. The maximum atomic E-state index is 12.3. The van der Waals surface area contributed by atoms with Crippen LogP contribution < -0.4 is 5.43 Å². The van der Waals surface area contributed by atoms with E-state index in [-0.39, 0.29) is 17.4 Å². The number of aromatic nitrogens is 3. The van der Waals surface area contributed by atoms with Crippen molar-refractivity contribution in [1.82, 2.24) is 20.2 Å². The van der Waals surface area contributed by atoms with E-state index in [4.69, 9.17) is 0 Å². The monoisotopic (exact) mass is 429 g/mol. The quantitative estimate of drug-likeness (QED) is 0.264. The van der Waals surface area contributed by atoms with E-state index in [1.165, 1.54) is 18.0 Å². The zero-order valence-corrected chi connectivity index (χ0v) is 17.2. The lowest BCUT2D eigenvalue weighted by atomic mass is 10.2. The molecule has 0 radical (unpaired) electrons. The first kappa shape index (κ1) is 20.4. The molecule has 0 atom stereocenters. The van der Waals surface area contributed by atoms with E-state index >= 15 is 0 Å². The zero-order chi connectivity index (χ0) is 21.5. The highest BCUT2D eigenvalue weighted by atomic mass is 32.2. The maximum absolute atomic E-state index is 12.3. The number of nitrogens with one attached hydrogen (secondary N) is 1. The molecule has 1 heterocycles. The van der Waals surface area contributed by atoms with Crippen LogP contribution in [-0.2, 0) is 4.79 Å². The van der Waals surface area contributed by atoms with Crippen LogP contribution in [0.4, 0.5) is 0 Å². The minimum absolute atomic E-state index is 0.0966. The number of hydrazone groups is 1. The third-order valence-corrected chi connectivity index (χ3v) is 5.27. The second-order valence-electron chi connectivity index (χ2n) is 6.48. The molecule has 0 unspecified atom stereocenters. The Bertz CT molecular complexity index is 1190. The smallest absolute Gasteiger partial charge is 0.250 e. The van der Waals surface area contributed by atoms with Gasteiger partial charge in [-0.2, -0.15) is 5.10 Å². The number of phenolic OH excluding ortho intramolecular Hbond substituents is 1. The second-order valence-corrected chi connectivity index (χ2v) is 7.43. The van der Waals surface area contributed by atoms with Gasteiger partial charge in [0.1, 0.15) is 5.75 Å². The summed E-state index contributed by atoms with van der Waals surface area (Å²) in [5.74, 6) is 0.616. The van der Waals surface area contributed by atoms with Crippen molar-refractivity contribution in [3.8, 4) is 22.8 Å². The van der Waals surface area contributed by atoms with Crippen LogP contribution in [0.1, 0.15) is 5.56 Å². The van der Waals surface area contributed by atoms with Crippen LogP contribution in [-0.4, -0.2) is 37.7 Å². The fourth-order valence-corrected chi connectivity index (χ4v) is 3.62.